The van der Waals surface area contributed by atoms with Gasteiger partial charge in [0.1, 0.15) is 16.8 Å². The van der Waals surface area contributed by atoms with Gasteiger partial charge in [-0.1, -0.05) is 17.7 Å². The predicted octanol–water partition coefficient (Wildman–Crippen LogP) is 4.54. The van der Waals surface area contributed by atoms with Crippen LogP contribution >= 0.6 is 11.6 Å². The molecule has 0 saturated carbocycles. The lowest BCUT2D eigenvalue weighted by molar-refractivity contribution is -0.00545. The lowest BCUT2D eigenvalue weighted by atomic mass is 10.1. The molecule has 1 amide bonds. The van der Waals surface area contributed by atoms with E-state index in [1.54, 1.807) is 28.9 Å². The SMILES string of the molecule is CC1CN(c2cccc(-c3ccc4cnc(CNC(=O)c5cc(Cl)c6c(c5)N(S(C)=O)CC6)cc4n3)n2)CC(C)O1. The summed E-state index contributed by atoms with van der Waals surface area (Å²) in [6.07, 6.45) is 4.38. The van der Waals surface area contributed by atoms with Gasteiger partial charge in [0.05, 0.1) is 47.0 Å². The Hall–Kier alpha value is -3.60. The second kappa shape index (κ2) is 11.3. The summed E-state index contributed by atoms with van der Waals surface area (Å²) in [6, 6.07) is 15.2. The van der Waals surface area contributed by atoms with Crippen molar-refractivity contribution in [2.24, 2.45) is 0 Å². The van der Waals surface area contributed by atoms with Crippen LogP contribution in [0, 0.1) is 0 Å². The molecule has 6 rings (SSSR count). The van der Waals surface area contributed by atoms with Crippen LogP contribution in [0.3, 0.4) is 0 Å². The Balaban J connectivity index is 1.19. The Morgan fingerprint density at radius 1 is 1.10 bits per heavy atom. The molecule has 2 aliphatic heterocycles. The molecule has 2 aliphatic rings. The van der Waals surface area contributed by atoms with Gasteiger partial charge in [-0.25, -0.2) is 14.2 Å². The van der Waals surface area contributed by atoms with Crippen LogP contribution in [-0.4, -0.2) is 63.2 Å². The highest BCUT2D eigenvalue weighted by molar-refractivity contribution is 7.85. The first-order valence-corrected chi connectivity index (χ1v) is 15.5. The molecule has 3 unspecified atom stereocenters. The normalized spacial score (nSPS) is 19.3. The van der Waals surface area contributed by atoms with Crippen molar-refractivity contribution in [2.75, 3.05) is 35.1 Å². The Labute approximate surface area is 246 Å². The van der Waals surface area contributed by atoms with Gasteiger partial charge in [-0.3, -0.25) is 14.1 Å². The molecular formula is C30H31ClN6O3S. The van der Waals surface area contributed by atoms with Crippen LogP contribution in [-0.2, 0) is 28.7 Å². The molecule has 3 aromatic heterocycles. The predicted molar refractivity (Wildman–Crippen MR) is 163 cm³/mol. The molecule has 1 aromatic carbocycles. The number of anilines is 2. The maximum absolute atomic E-state index is 13.0. The maximum atomic E-state index is 13.0. The largest absolute Gasteiger partial charge is 0.372 e. The number of carbonyl (C=O) groups is 1. The molecule has 3 atom stereocenters. The van der Waals surface area contributed by atoms with Gasteiger partial charge in [0.25, 0.3) is 5.91 Å². The summed E-state index contributed by atoms with van der Waals surface area (Å²) in [5.74, 6) is 0.629. The van der Waals surface area contributed by atoms with E-state index < -0.39 is 11.0 Å². The Morgan fingerprint density at radius 3 is 2.66 bits per heavy atom. The van der Waals surface area contributed by atoms with Crippen LogP contribution in [0.25, 0.3) is 22.3 Å². The van der Waals surface area contributed by atoms with Gasteiger partial charge in [0.15, 0.2) is 0 Å². The minimum atomic E-state index is -1.19. The fraction of sp³-hybridized carbons (Fsp3) is 0.333. The Morgan fingerprint density at radius 2 is 1.88 bits per heavy atom. The molecule has 1 saturated heterocycles. The average molecular weight is 591 g/mol. The summed E-state index contributed by atoms with van der Waals surface area (Å²) in [5, 5.41) is 4.34. The molecule has 9 nitrogen and oxygen atoms in total. The summed E-state index contributed by atoms with van der Waals surface area (Å²) in [5.41, 5.74) is 5.09. The van der Waals surface area contributed by atoms with Gasteiger partial charge in [0, 0.05) is 48.1 Å². The number of benzene rings is 1. The average Bonchev–Trinajstić information content (AvgIpc) is 3.40. The first kappa shape index (κ1) is 27.6. The molecule has 1 N–H and O–H groups in total. The third kappa shape index (κ3) is 5.77. The first-order valence-electron chi connectivity index (χ1n) is 13.6. The van der Waals surface area contributed by atoms with Gasteiger partial charge in [-0.05, 0) is 68.3 Å². The monoisotopic (exact) mass is 590 g/mol. The first-order chi connectivity index (χ1) is 19.7. The van der Waals surface area contributed by atoms with Crippen molar-refractivity contribution in [2.45, 2.75) is 39.0 Å². The van der Waals surface area contributed by atoms with Crippen molar-refractivity contribution in [3.63, 3.8) is 0 Å². The zero-order valence-electron chi connectivity index (χ0n) is 23.1. The zero-order chi connectivity index (χ0) is 28.7. The summed E-state index contributed by atoms with van der Waals surface area (Å²) < 4.78 is 19.8. The number of carbonyl (C=O) groups excluding carboxylic acids is 1. The molecule has 0 bridgehead atoms. The minimum Gasteiger partial charge on any atom is -0.372 e. The number of fused-ring (bicyclic) bond motifs is 2. The van der Waals surface area contributed by atoms with Gasteiger partial charge in [-0.2, -0.15) is 0 Å². The number of nitrogens with one attached hydrogen (secondary N) is 1. The summed E-state index contributed by atoms with van der Waals surface area (Å²) in [6.45, 7) is 6.58. The van der Waals surface area contributed by atoms with E-state index in [1.807, 2.05) is 36.4 Å². The van der Waals surface area contributed by atoms with Crippen LogP contribution in [0.5, 0.6) is 0 Å². The quantitative estimate of drug-likeness (QED) is 0.352. The third-order valence-electron chi connectivity index (χ3n) is 7.38. The second-order valence-corrected chi connectivity index (χ2v) is 12.2. The molecule has 4 aromatic rings. The lowest BCUT2D eigenvalue weighted by Crippen LogP contribution is -2.45. The van der Waals surface area contributed by atoms with Gasteiger partial charge in [0.2, 0.25) is 0 Å². The highest BCUT2D eigenvalue weighted by atomic mass is 35.5. The summed E-state index contributed by atoms with van der Waals surface area (Å²) in [7, 11) is -1.19. The molecule has 0 spiro atoms. The summed E-state index contributed by atoms with van der Waals surface area (Å²) in [4.78, 5) is 29.6. The van der Waals surface area contributed by atoms with Crippen LogP contribution in [0.1, 0.15) is 35.5 Å². The van der Waals surface area contributed by atoms with Crippen molar-refractivity contribution in [1.82, 2.24) is 20.3 Å². The van der Waals surface area contributed by atoms with Crippen LogP contribution in [0.15, 0.2) is 54.7 Å². The van der Waals surface area contributed by atoms with Crippen LogP contribution in [0.4, 0.5) is 11.5 Å². The number of halogens is 1. The molecular weight excluding hydrogens is 560 g/mol. The number of nitrogens with zero attached hydrogens (tertiary/aromatic N) is 5. The van der Waals surface area contributed by atoms with Crippen molar-refractivity contribution in [1.29, 1.82) is 0 Å². The molecule has 41 heavy (non-hydrogen) atoms. The Kier molecular flexibility index (Phi) is 7.63. The fourth-order valence-corrected chi connectivity index (χ4v) is 6.60. The van der Waals surface area contributed by atoms with E-state index >= 15 is 0 Å². The zero-order valence-corrected chi connectivity index (χ0v) is 24.7. The minimum absolute atomic E-state index is 0.144. The standard InChI is InChI=1S/C30H31ClN6O3S/c1-18-16-36(17-19(2)40-18)29-6-4-5-25(35-29)26-8-7-20-14-32-22(13-27(20)34-26)15-33-30(38)21-11-24(31)23-9-10-37(41(3)39)28(23)12-21/h4-8,11-14,18-19H,9-10,15-17H2,1-3H3,(H,33,38). The number of hydrogen-bond acceptors (Lipinski definition) is 7. The number of pyridine rings is 3. The maximum Gasteiger partial charge on any atom is 0.251 e. The number of amides is 1. The molecule has 11 heteroatoms. The van der Waals surface area contributed by atoms with E-state index in [4.69, 9.17) is 26.3 Å². The third-order valence-corrected chi connectivity index (χ3v) is 8.72. The van der Waals surface area contributed by atoms with Crippen LogP contribution in [0.2, 0.25) is 5.02 Å². The molecule has 1 fully saturated rings. The number of aromatic nitrogens is 3. The van der Waals surface area contributed by atoms with E-state index in [1.165, 1.54) is 0 Å². The van der Waals surface area contributed by atoms with E-state index in [0.717, 1.165) is 52.4 Å². The molecule has 0 aliphatic carbocycles. The molecule has 5 heterocycles. The number of hydrogen-bond donors (Lipinski definition) is 1. The van der Waals surface area contributed by atoms with Gasteiger partial charge in [-0.15, -0.1) is 0 Å². The van der Waals surface area contributed by atoms with Crippen molar-refractivity contribution >= 4 is 50.9 Å². The summed E-state index contributed by atoms with van der Waals surface area (Å²) >= 11 is 6.46. The topological polar surface area (TPSA) is 101 Å². The van der Waals surface area contributed by atoms with Gasteiger partial charge < -0.3 is 15.0 Å². The van der Waals surface area contributed by atoms with E-state index in [-0.39, 0.29) is 24.7 Å². The molecule has 212 valence electrons. The number of rotatable bonds is 6. The van der Waals surface area contributed by atoms with Crippen molar-refractivity contribution in [3.8, 4) is 11.4 Å². The highest BCUT2D eigenvalue weighted by Gasteiger charge is 2.26. The van der Waals surface area contributed by atoms with E-state index in [0.29, 0.717) is 29.2 Å². The van der Waals surface area contributed by atoms with E-state index in [2.05, 4.69) is 29.0 Å². The Bertz CT molecular complexity index is 1660. The number of morpholine rings is 1. The fourth-order valence-electron chi connectivity index (χ4n) is 5.50. The van der Waals surface area contributed by atoms with Crippen LogP contribution < -0.4 is 14.5 Å². The van der Waals surface area contributed by atoms with E-state index in [9.17, 15) is 9.00 Å². The second-order valence-electron chi connectivity index (χ2n) is 10.5. The smallest absolute Gasteiger partial charge is 0.251 e. The van der Waals surface area contributed by atoms with Gasteiger partial charge >= 0.3 is 0 Å². The highest BCUT2D eigenvalue weighted by Crippen LogP contribution is 2.35. The van der Waals surface area contributed by atoms with Crippen molar-refractivity contribution in [3.05, 3.63) is 76.6 Å². The van der Waals surface area contributed by atoms with Crippen molar-refractivity contribution < 1.29 is 13.7 Å². The lowest BCUT2D eigenvalue weighted by Gasteiger charge is -2.36. The molecule has 0 radical (unpaired) electrons. The number of ether oxygens (including phenoxy) is 1.